The van der Waals surface area contributed by atoms with Gasteiger partial charge in [-0.15, -0.1) is 0 Å². The Bertz CT molecular complexity index is 1620. The lowest BCUT2D eigenvalue weighted by molar-refractivity contribution is -0.123. The Labute approximate surface area is 253 Å². The first-order valence-corrected chi connectivity index (χ1v) is 14.7. The van der Waals surface area contributed by atoms with E-state index < -0.39 is 5.41 Å². The standard InChI is InChI=1S/C34H39N5O2S/c1-8-23-13-9-10-15-28(23)38-21(2)19-25(22(38)3)31-30(27-14-11-12-18-35-27)37-33(42)39(31)24-16-17-26(29(20-24)41-7)36-32(40)34(4,5)6/h9-20,30-31H,8H2,1-7H3,(H,36,40)(H,37,42). The molecule has 1 aliphatic rings. The van der Waals surface area contributed by atoms with Gasteiger partial charge in [0, 0.05) is 40.4 Å². The first-order chi connectivity index (χ1) is 20.0. The average Bonchev–Trinajstić information content (AvgIpc) is 3.47. The van der Waals surface area contributed by atoms with Gasteiger partial charge >= 0.3 is 0 Å². The van der Waals surface area contributed by atoms with E-state index in [1.807, 2.05) is 63.4 Å². The van der Waals surface area contributed by atoms with Crippen molar-refractivity contribution in [3.8, 4) is 11.4 Å². The van der Waals surface area contributed by atoms with Crippen LogP contribution in [0.2, 0.25) is 0 Å². The van der Waals surface area contributed by atoms with Crippen LogP contribution in [0.4, 0.5) is 11.4 Å². The number of nitrogens with one attached hydrogen (secondary N) is 2. The summed E-state index contributed by atoms with van der Waals surface area (Å²) in [5.41, 5.74) is 7.79. The van der Waals surface area contributed by atoms with E-state index in [1.54, 1.807) is 7.11 Å². The second-order valence-electron chi connectivity index (χ2n) is 11.7. The van der Waals surface area contributed by atoms with E-state index in [-0.39, 0.29) is 18.0 Å². The highest BCUT2D eigenvalue weighted by molar-refractivity contribution is 7.80. The van der Waals surface area contributed by atoms with Crippen LogP contribution >= 0.6 is 12.2 Å². The van der Waals surface area contributed by atoms with Gasteiger partial charge in [-0.1, -0.05) is 52.0 Å². The Morgan fingerprint density at radius 1 is 1.07 bits per heavy atom. The Hall–Kier alpha value is -4.17. The summed E-state index contributed by atoms with van der Waals surface area (Å²) in [6.07, 6.45) is 2.76. The fraction of sp³-hybridized carbons (Fsp3) is 0.324. The maximum absolute atomic E-state index is 12.7. The molecule has 2 aromatic heterocycles. The van der Waals surface area contributed by atoms with Gasteiger partial charge < -0.3 is 24.8 Å². The number of rotatable bonds is 7. The van der Waals surface area contributed by atoms with E-state index in [1.165, 1.54) is 11.3 Å². The van der Waals surface area contributed by atoms with Crippen LogP contribution in [0.25, 0.3) is 5.69 Å². The Morgan fingerprint density at radius 3 is 2.48 bits per heavy atom. The summed E-state index contributed by atoms with van der Waals surface area (Å²) in [5.74, 6) is 0.482. The number of carbonyl (C=O) groups is 1. The predicted octanol–water partition coefficient (Wildman–Crippen LogP) is 7.22. The zero-order valence-electron chi connectivity index (χ0n) is 25.4. The van der Waals surface area contributed by atoms with Gasteiger partial charge in [-0.05, 0) is 80.0 Å². The van der Waals surface area contributed by atoms with Gasteiger partial charge in [0.1, 0.15) is 5.75 Å². The van der Waals surface area contributed by atoms with Gasteiger partial charge in [-0.2, -0.15) is 0 Å². The van der Waals surface area contributed by atoms with Crippen molar-refractivity contribution in [2.45, 2.75) is 60.0 Å². The van der Waals surface area contributed by atoms with Crippen LogP contribution in [0.3, 0.4) is 0 Å². The molecule has 1 fully saturated rings. The molecule has 0 aliphatic carbocycles. The molecule has 3 heterocycles. The average molecular weight is 582 g/mol. The van der Waals surface area contributed by atoms with Crippen molar-refractivity contribution in [1.82, 2.24) is 14.9 Å². The minimum atomic E-state index is -0.538. The van der Waals surface area contributed by atoms with Crippen molar-refractivity contribution in [1.29, 1.82) is 0 Å². The normalized spacial score (nSPS) is 16.8. The molecule has 1 aliphatic heterocycles. The van der Waals surface area contributed by atoms with Crippen LogP contribution in [-0.4, -0.2) is 27.7 Å². The second kappa shape index (κ2) is 11.6. The fourth-order valence-electron chi connectivity index (χ4n) is 5.68. The second-order valence-corrected chi connectivity index (χ2v) is 12.1. The SMILES string of the molecule is CCc1ccccc1-n1c(C)cc(C2C(c3ccccn3)NC(=S)N2c2ccc(NC(=O)C(C)(C)C)c(OC)c2)c1C. The lowest BCUT2D eigenvalue weighted by Crippen LogP contribution is -2.30. The van der Waals surface area contributed by atoms with E-state index >= 15 is 0 Å². The van der Waals surface area contributed by atoms with E-state index in [2.05, 4.69) is 71.2 Å². The zero-order chi connectivity index (χ0) is 30.2. The number of ether oxygens (including phenoxy) is 1. The number of carbonyl (C=O) groups excluding carboxylic acids is 1. The summed E-state index contributed by atoms with van der Waals surface area (Å²) >= 11 is 5.99. The van der Waals surface area contributed by atoms with Gasteiger partial charge in [-0.3, -0.25) is 9.78 Å². The molecule has 7 nitrogen and oxygen atoms in total. The summed E-state index contributed by atoms with van der Waals surface area (Å²) in [7, 11) is 1.61. The molecule has 2 atom stereocenters. The summed E-state index contributed by atoms with van der Waals surface area (Å²) < 4.78 is 8.10. The first kappa shape index (κ1) is 29.3. The quantitative estimate of drug-likeness (QED) is 0.225. The number of thiocarbonyl (C=S) groups is 1. The molecule has 8 heteroatoms. The van der Waals surface area contributed by atoms with E-state index in [9.17, 15) is 4.79 Å². The van der Waals surface area contributed by atoms with Gasteiger partial charge in [0.25, 0.3) is 0 Å². The number of aryl methyl sites for hydroxylation is 2. The van der Waals surface area contributed by atoms with Crippen LogP contribution in [0, 0.1) is 19.3 Å². The van der Waals surface area contributed by atoms with Crippen LogP contribution in [0.1, 0.15) is 68.0 Å². The van der Waals surface area contributed by atoms with Gasteiger partial charge in [0.15, 0.2) is 5.11 Å². The molecule has 2 unspecified atom stereocenters. The van der Waals surface area contributed by atoms with E-state index in [4.69, 9.17) is 21.9 Å². The number of hydrogen-bond acceptors (Lipinski definition) is 4. The molecule has 218 valence electrons. The molecule has 4 aromatic rings. The van der Waals surface area contributed by atoms with Crippen LogP contribution in [0.5, 0.6) is 5.75 Å². The number of pyridine rings is 1. The van der Waals surface area contributed by atoms with Crippen molar-refractivity contribution >= 4 is 34.6 Å². The van der Waals surface area contributed by atoms with Crippen LogP contribution in [-0.2, 0) is 11.2 Å². The Kier molecular flexibility index (Phi) is 8.10. The van der Waals surface area contributed by atoms with Crippen molar-refractivity contribution in [2.75, 3.05) is 17.3 Å². The lowest BCUT2D eigenvalue weighted by Gasteiger charge is -2.29. The maximum atomic E-state index is 12.7. The van der Waals surface area contributed by atoms with Gasteiger partial charge in [0.2, 0.25) is 5.91 Å². The molecule has 2 aromatic carbocycles. The molecular formula is C34H39N5O2S. The number of hydrogen-bond donors (Lipinski definition) is 2. The maximum Gasteiger partial charge on any atom is 0.229 e. The molecule has 0 saturated carbocycles. The lowest BCUT2D eigenvalue weighted by atomic mass is 9.95. The molecule has 1 saturated heterocycles. The molecule has 5 rings (SSSR count). The summed E-state index contributed by atoms with van der Waals surface area (Å²) in [4.78, 5) is 19.6. The van der Waals surface area contributed by atoms with E-state index in [0.29, 0.717) is 16.5 Å². The number of para-hydroxylation sites is 1. The number of anilines is 2. The van der Waals surface area contributed by atoms with E-state index in [0.717, 1.165) is 34.8 Å². The Morgan fingerprint density at radius 2 is 1.81 bits per heavy atom. The molecular weight excluding hydrogens is 542 g/mol. The van der Waals surface area contributed by atoms with Crippen molar-refractivity contribution in [2.24, 2.45) is 5.41 Å². The third-order valence-electron chi connectivity index (χ3n) is 7.89. The third-order valence-corrected chi connectivity index (χ3v) is 8.21. The molecule has 0 radical (unpaired) electrons. The van der Waals surface area contributed by atoms with Crippen molar-refractivity contribution < 1.29 is 9.53 Å². The minimum absolute atomic E-state index is 0.0835. The topological polar surface area (TPSA) is 71.4 Å². The molecule has 42 heavy (non-hydrogen) atoms. The van der Waals surface area contributed by atoms with Crippen molar-refractivity contribution in [3.63, 3.8) is 0 Å². The fourth-order valence-corrected chi connectivity index (χ4v) is 6.02. The van der Waals surface area contributed by atoms with Crippen LogP contribution < -0.4 is 20.3 Å². The molecule has 0 spiro atoms. The molecule has 0 bridgehead atoms. The number of methoxy groups -OCH3 is 1. The minimum Gasteiger partial charge on any atom is -0.494 e. The predicted molar refractivity (Wildman–Crippen MR) is 174 cm³/mol. The van der Waals surface area contributed by atoms with Crippen molar-refractivity contribution in [3.05, 3.63) is 101 Å². The highest BCUT2D eigenvalue weighted by atomic mass is 32.1. The van der Waals surface area contributed by atoms with Crippen LogP contribution in [0.15, 0.2) is 72.9 Å². The molecule has 2 N–H and O–H groups in total. The monoisotopic (exact) mass is 581 g/mol. The van der Waals surface area contributed by atoms with Gasteiger partial charge in [-0.25, -0.2) is 0 Å². The highest BCUT2D eigenvalue weighted by Crippen LogP contribution is 2.45. The summed E-state index contributed by atoms with van der Waals surface area (Å²) in [6, 6.07) is 22.2. The first-order valence-electron chi connectivity index (χ1n) is 14.3. The molecule has 1 amide bonds. The highest BCUT2D eigenvalue weighted by Gasteiger charge is 2.42. The Balaban J connectivity index is 1.64. The number of amides is 1. The summed E-state index contributed by atoms with van der Waals surface area (Å²) in [6.45, 7) is 12.2. The number of aromatic nitrogens is 2. The number of nitrogens with zero attached hydrogens (tertiary/aromatic N) is 3. The zero-order valence-corrected chi connectivity index (χ0v) is 26.2. The smallest absolute Gasteiger partial charge is 0.229 e. The largest absolute Gasteiger partial charge is 0.494 e. The number of benzene rings is 2. The third kappa shape index (κ3) is 5.39. The summed E-state index contributed by atoms with van der Waals surface area (Å²) in [5, 5.41) is 7.18. The van der Waals surface area contributed by atoms with Gasteiger partial charge in [0.05, 0.1) is 30.6 Å².